The van der Waals surface area contributed by atoms with Crippen molar-refractivity contribution in [3.63, 3.8) is 0 Å². The van der Waals surface area contributed by atoms with Gasteiger partial charge in [0, 0.05) is 7.05 Å². The van der Waals surface area contributed by atoms with Crippen LogP contribution in [0.1, 0.15) is 11.1 Å². The number of hydrogen-bond acceptors (Lipinski definition) is 4. The smallest absolute Gasteiger partial charge is 0.162 e. The minimum atomic E-state index is 0.193. The maximum absolute atomic E-state index is 7.95. The van der Waals surface area contributed by atoms with Gasteiger partial charge in [-0.15, -0.1) is 0 Å². The zero-order valence-corrected chi connectivity index (χ0v) is 12.3. The molecule has 1 heterocycles. The number of nitrogens with zero attached hydrogens (tertiary/aromatic N) is 3. The van der Waals surface area contributed by atoms with Crippen LogP contribution in [0.15, 0.2) is 35.3 Å². The predicted octanol–water partition coefficient (Wildman–Crippen LogP) is 2.26. The van der Waals surface area contributed by atoms with Crippen molar-refractivity contribution in [2.24, 2.45) is 4.99 Å². The SMILES string of the molecule is C/N=C(/c1cc(C)ccc1OC)n1nc(Cl)ccc1=N. The van der Waals surface area contributed by atoms with E-state index in [1.807, 2.05) is 25.1 Å². The van der Waals surface area contributed by atoms with Gasteiger partial charge in [-0.2, -0.15) is 9.78 Å². The molecule has 0 spiro atoms. The van der Waals surface area contributed by atoms with E-state index in [9.17, 15) is 0 Å². The van der Waals surface area contributed by atoms with Crippen molar-refractivity contribution in [3.8, 4) is 5.75 Å². The second kappa shape index (κ2) is 5.88. The van der Waals surface area contributed by atoms with Gasteiger partial charge in [0.05, 0.1) is 12.7 Å². The molecule has 1 aromatic heterocycles. The van der Waals surface area contributed by atoms with Crippen LogP contribution in [-0.2, 0) is 0 Å². The van der Waals surface area contributed by atoms with E-state index in [2.05, 4.69) is 10.1 Å². The van der Waals surface area contributed by atoms with E-state index in [0.717, 1.165) is 11.1 Å². The van der Waals surface area contributed by atoms with Crippen molar-refractivity contribution < 1.29 is 4.74 Å². The van der Waals surface area contributed by atoms with E-state index in [1.54, 1.807) is 26.3 Å². The van der Waals surface area contributed by atoms with E-state index in [0.29, 0.717) is 16.7 Å². The van der Waals surface area contributed by atoms with Gasteiger partial charge < -0.3 is 4.74 Å². The summed E-state index contributed by atoms with van der Waals surface area (Å²) < 4.78 is 6.75. The summed E-state index contributed by atoms with van der Waals surface area (Å²) in [4.78, 5) is 4.24. The molecule has 0 aliphatic rings. The van der Waals surface area contributed by atoms with Crippen LogP contribution < -0.4 is 10.2 Å². The lowest BCUT2D eigenvalue weighted by molar-refractivity contribution is 0.413. The minimum absolute atomic E-state index is 0.193. The highest BCUT2D eigenvalue weighted by Gasteiger charge is 2.13. The molecule has 1 N–H and O–H groups in total. The number of ether oxygens (including phenoxy) is 1. The molecule has 0 fully saturated rings. The summed E-state index contributed by atoms with van der Waals surface area (Å²) >= 11 is 5.91. The lowest BCUT2D eigenvalue weighted by Crippen LogP contribution is -2.30. The Morgan fingerprint density at radius 1 is 1.35 bits per heavy atom. The summed E-state index contributed by atoms with van der Waals surface area (Å²) in [6.07, 6.45) is 0. The number of nitrogens with one attached hydrogen (secondary N) is 1. The van der Waals surface area contributed by atoms with Crippen molar-refractivity contribution in [2.45, 2.75) is 6.92 Å². The van der Waals surface area contributed by atoms with Crippen molar-refractivity contribution >= 4 is 17.4 Å². The Morgan fingerprint density at radius 2 is 2.10 bits per heavy atom. The third-order valence-corrected chi connectivity index (χ3v) is 3.01. The molecule has 2 rings (SSSR count). The molecular formula is C14H15ClN4O. The van der Waals surface area contributed by atoms with Crippen LogP contribution in [-0.4, -0.2) is 29.8 Å². The summed E-state index contributed by atoms with van der Waals surface area (Å²) in [5.41, 5.74) is 2.03. The van der Waals surface area contributed by atoms with E-state index < -0.39 is 0 Å². The highest BCUT2D eigenvalue weighted by atomic mass is 35.5. The Kier molecular flexibility index (Phi) is 4.20. The van der Waals surface area contributed by atoms with E-state index in [4.69, 9.17) is 21.7 Å². The van der Waals surface area contributed by atoms with Gasteiger partial charge in [-0.1, -0.05) is 23.2 Å². The number of methoxy groups -OCH3 is 1. The average molecular weight is 291 g/mol. The first-order valence-electron chi connectivity index (χ1n) is 5.99. The molecule has 0 atom stereocenters. The number of hydrogen-bond donors (Lipinski definition) is 1. The third-order valence-electron chi connectivity index (χ3n) is 2.81. The fourth-order valence-corrected chi connectivity index (χ4v) is 2.03. The van der Waals surface area contributed by atoms with Crippen molar-refractivity contribution in [1.29, 1.82) is 5.41 Å². The fourth-order valence-electron chi connectivity index (χ4n) is 1.89. The summed E-state index contributed by atoms with van der Waals surface area (Å²) in [5.74, 6) is 1.18. The number of rotatable bonds is 2. The van der Waals surface area contributed by atoms with Gasteiger partial charge in [0.25, 0.3) is 0 Å². The molecule has 5 nitrogen and oxygen atoms in total. The van der Waals surface area contributed by atoms with Crippen molar-refractivity contribution in [3.05, 3.63) is 52.1 Å². The first kappa shape index (κ1) is 14.3. The summed E-state index contributed by atoms with van der Waals surface area (Å²) in [6, 6.07) is 8.90. The second-order valence-electron chi connectivity index (χ2n) is 4.20. The molecule has 0 aliphatic carbocycles. The normalized spacial score (nSPS) is 11.5. The van der Waals surface area contributed by atoms with E-state index >= 15 is 0 Å². The molecule has 0 amide bonds. The number of halogens is 1. The molecule has 0 radical (unpaired) electrons. The Balaban J connectivity index is 2.68. The number of aliphatic imine (C=N–C) groups is 1. The molecule has 0 saturated carbocycles. The molecule has 104 valence electrons. The zero-order valence-electron chi connectivity index (χ0n) is 11.5. The maximum atomic E-state index is 7.95. The fraction of sp³-hybridized carbons (Fsp3) is 0.214. The first-order chi connectivity index (χ1) is 9.56. The predicted molar refractivity (Wildman–Crippen MR) is 78.7 cm³/mol. The van der Waals surface area contributed by atoms with Crippen molar-refractivity contribution in [2.75, 3.05) is 14.2 Å². The van der Waals surface area contributed by atoms with Gasteiger partial charge >= 0.3 is 0 Å². The van der Waals surface area contributed by atoms with Crippen LogP contribution in [0.3, 0.4) is 0 Å². The average Bonchev–Trinajstić information content (AvgIpc) is 2.44. The van der Waals surface area contributed by atoms with Gasteiger partial charge in [-0.25, -0.2) is 0 Å². The number of aryl methyl sites for hydroxylation is 1. The third kappa shape index (κ3) is 2.72. The maximum Gasteiger partial charge on any atom is 0.162 e. The van der Waals surface area contributed by atoms with Gasteiger partial charge in [-0.05, 0) is 31.2 Å². The van der Waals surface area contributed by atoms with Crippen molar-refractivity contribution in [1.82, 2.24) is 9.78 Å². The Labute approximate surface area is 122 Å². The largest absolute Gasteiger partial charge is 0.496 e. The molecule has 20 heavy (non-hydrogen) atoms. The summed E-state index contributed by atoms with van der Waals surface area (Å²) in [7, 11) is 3.24. The lowest BCUT2D eigenvalue weighted by atomic mass is 10.1. The highest BCUT2D eigenvalue weighted by molar-refractivity contribution is 6.29. The monoisotopic (exact) mass is 290 g/mol. The molecule has 2 aromatic rings. The Bertz CT molecular complexity index is 721. The topological polar surface area (TPSA) is 63.3 Å². The molecule has 0 bridgehead atoms. The number of benzene rings is 1. The van der Waals surface area contributed by atoms with Gasteiger partial charge in [0.1, 0.15) is 16.4 Å². The van der Waals surface area contributed by atoms with Crippen LogP contribution in [0.2, 0.25) is 5.15 Å². The summed E-state index contributed by atoms with van der Waals surface area (Å²) in [6.45, 7) is 1.98. The van der Waals surface area contributed by atoms with Crippen LogP contribution in [0.25, 0.3) is 0 Å². The second-order valence-corrected chi connectivity index (χ2v) is 4.59. The lowest BCUT2D eigenvalue weighted by Gasteiger charge is -2.13. The van der Waals surface area contributed by atoms with Gasteiger partial charge in [-0.3, -0.25) is 10.4 Å². The van der Waals surface area contributed by atoms with E-state index in [1.165, 1.54) is 4.68 Å². The molecular weight excluding hydrogens is 276 g/mol. The first-order valence-corrected chi connectivity index (χ1v) is 6.37. The minimum Gasteiger partial charge on any atom is -0.496 e. The molecule has 6 heteroatoms. The standard InChI is InChI=1S/C14H15ClN4O/c1-9-4-5-11(20-3)10(8-9)14(17-2)19-13(16)7-6-12(15)18-19/h4-8,16H,1-3H3/b16-13?,17-14-. The quantitative estimate of drug-likeness (QED) is 0.681. The number of aromatic nitrogens is 2. The van der Waals surface area contributed by atoms with Crippen LogP contribution in [0.5, 0.6) is 5.75 Å². The highest BCUT2D eigenvalue weighted by Crippen LogP contribution is 2.20. The van der Waals surface area contributed by atoms with Gasteiger partial charge in [0.2, 0.25) is 0 Å². The van der Waals surface area contributed by atoms with Crippen LogP contribution in [0.4, 0.5) is 0 Å². The Morgan fingerprint density at radius 3 is 2.75 bits per heavy atom. The molecule has 0 unspecified atom stereocenters. The van der Waals surface area contributed by atoms with Gasteiger partial charge in [0.15, 0.2) is 5.84 Å². The molecule has 0 aliphatic heterocycles. The molecule has 1 aromatic carbocycles. The molecule has 0 saturated heterocycles. The Hall–Kier alpha value is -2.14. The van der Waals surface area contributed by atoms with Crippen LogP contribution >= 0.6 is 11.6 Å². The zero-order chi connectivity index (χ0) is 14.7. The van der Waals surface area contributed by atoms with E-state index in [-0.39, 0.29) is 5.49 Å². The van der Waals surface area contributed by atoms with Crippen LogP contribution in [0, 0.1) is 12.3 Å². The summed E-state index contributed by atoms with van der Waals surface area (Å²) in [5, 5.41) is 12.4.